The number of anilines is 1. The first-order chi connectivity index (χ1) is 12.5. The molecule has 144 valence electrons. The first kappa shape index (κ1) is 19.8. The van der Waals surface area contributed by atoms with E-state index in [0.717, 1.165) is 17.4 Å². The van der Waals surface area contributed by atoms with Crippen LogP contribution in [0.1, 0.15) is 37.4 Å². The number of nitrogens with one attached hydrogen (secondary N) is 2. The van der Waals surface area contributed by atoms with Gasteiger partial charge in [-0.2, -0.15) is 13.2 Å². The lowest BCUT2D eigenvalue weighted by Crippen LogP contribution is -2.42. The third-order valence-electron chi connectivity index (χ3n) is 4.21. The number of fused-ring (bicyclic) bond motifs is 1. The van der Waals surface area contributed by atoms with Crippen molar-refractivity contribution >= 4 is 34.6 Å². The molecule has 0 unspecified atom stereocenters. The number of rotatable bonds is 2. The second-order valence-corrected chi connectivity index (χ2v) is 7.76. The van der Waals surface area contributed by atoms with Crippen LogP contribution in [0.2, 0.25) is 5.02 Å². The quantitative estimate of drug-likeness (QED) is 0.595. The second-order valence-electron chi connectivity index (χ2n) is 6.95. The van der Waals surface area contributed by atoms with Gasteiger partial charge in [0.15, 0.2) is 5.11 Å². The predicted molar refractivity (Wildman–Crippen MR) is 104 cm³/mol. The molecule has 0 aromatic heterocycles. The van der Waals surface area contributed by atoms with Gasteiger partial charge in [0.2, 0.25) is 0 Å². The Kier molecular flexibility index (Phi) is 5.27. The Labute approximate surface area is 165 Å². The van der Waals surface area contributed by atoms with E-state index in [2.05, 4.69) is 10.6 Å². The van der Waals surface area contributed by atoms with Crippen LogP contribution in [0.25, 0.3) is 0 Å². The molecule has 2 aromatic carbocycles. The molecule has 27 heavy (non-hydrogen) atoms. The molecule has 0 bridgehead atoms. The Hall–Kier alpha value is -1.99. The summed E-state index contributed by atoms with van der Waals surface area (Å²) in [6, 6.07) is 11.1. The molecule has 0 radical (unpaired) electrons. The maximum absolute atomic E-state index is 13.0. The SMILES string of the molecule is CC1(C)C[C@@H](NC(=S)Nc2ccc(Cl)c(C(F)(F)F)c2)c2ccccc2O1. The molecule has 0 aliphatic carbocycles. The van der Waals surface area contributed by atoms with Gasteiger partial charge in [-0.3, -0.25) is 0 Å². The van der Waals surface area contributed by atoms with E-state index < -0.39 is 17.3 Å². The van der Waals surface area contributed by atoms with E-state index in [1.807, 2.05) is 38.1 Å². The molecule has 0 fully saturated rings. The minimum Gasteiger partial charge on any atom is -0.487 e. The van der Waals surface area contributed by atoms with Crippen molar-refractivity contribution < 1.29 is 17.9 Å². The van der Waals surface area contributed by atoms with Crippen molar-refractivity contribution in [2.75, 3.05) is 5.32 Å². The highest BCUT2D eigenvalue weighted by Crippen LogP contribution is 2.39. The van der Waals surface area contributed by atoms with Crippen LogP contribution in [0, 0.1) is 0 Å². The summed E-state index contributed by atoms with van der Waals surface area (Å²) in [4.78, 5) is 0. The van der Waals surface area contributed by atoms with Gasteiger partial charge >= 0.3 is 6.18 Å². The minimum absolute atomic E-state index is 0.126. The molecule has 1 aliphatic rings. The highest BCUT2D eigenvalue weighted by atomic mass is 35.5. The summed E-state index contributed by atoms with van der Waals surface area (Å²) in [5.41, 5.74) is -0.142. The zero-order valence-corrected chi connectivity index (χ0v) is 16.2. The Morgan fingerprint density at radius 1 is 1.22 bits per heavy atom. The maximum Gasteiger partial charge on any atom is 0.417 e. The van der Waals surface area contributed by atoms with Gasteiger partial charge in [0.1, 0.15) is 11.4 Å². The van der Waals surface area contributed by atoms with Gasteiger partial charge in [-0.05, 0) is 50.3 Å². The second kappa shape index (κ2) is 7.20. The van der Waals surface area contributed by atoms with Gasteiger partial charge in [-0.15, -0.1) is 0 Å². The molecule has 1 atom stereocenters. The fraction of sp³-hybridized carbons (Fsp3) is 0.316. The van der Waals surface area contributed by atoms with E-state index in [1.165, 1.54) is 12.1 Å². The van der Waals surface area contributed by atoms with Gasteiger partial charge in [-0.1, -0.05) is 29.8 Å². The van der Waals surface area contributed by atoms with Crippen LogP contribution in [0.4, 0.5) is 18.9 Å². The number of para-hydroxylation sites is 1. The summed E-state index contributed by atoms with van der Waals surface area (Å²) in [7, 11) is 0. The lowest BCUT2D eigenvalue weighted by Gasteiger charge is -2.38. The third kappa shape index (κ3) is 4.65. The normalized spacial score (nSPS) is 18.2. The van der Waals surface area contributed by atoms with Crippen molar-refractivity contribution in [3.05, 3.63) is 58.6 Å². The molecule has 3 nitrogen and oxygen atoms in total. The summed E-state index contributed by atoms with van der Waals surface area (Å²) in [5.74, 6) is 0.764. The first-order valence-electron chi connectivity index (χ1n) is 8.27. The van der Waals surface area contributed by atoms with Crippen LogP contribution in [-0.2, 0) is 6.18 Å². The smallest absolute Gasteiger partial charge is 0.417 e. The Morgan fingerprint density at radius 2 is 1.93 bits per heavy atom. The zero-order chi connectivity index (χ0) is 19.8. The van der Waals surface area contributed by atoms with Gasteiger partial charge < -0.3 is 15.4 Å². The molecule has 0 saturated heterocycles. The van der Waals surface area contributed by atoms with E-state index in [0.29, 0.717) is 6.42 Å². The lowest BCUT2D eigenvalue weighted by atomic mass is 9.90. The molecule has 3 rings (SSSR count). The van der Waals surface area contributed by atoms with Crippen LogP contribution in [-0.4, -0.2) is 10.7 Å². The van der Waals surface area contributed by atoms with Gasteiger partial charge in [0.05, 0.1) is 16.6 Å². The van der Waals surface area contributed by atoms with Gasteiger partial charge in [0.25, 0.3) is 0 Å². The average Bonchev–Trinajstić information content (AvgIpc) is 2.54. The van der Waals surface area contributed by atoms with E-state index in [9.17, 15) is 13.2 Å². The fourth-order valence-corrected chi connectivity index (χ4v) is 3.56. The molecular formula is C19H18ClF3N2OS. The number of hydrogen-bond donors (Lipinski definition) is 2. The highest BCUT2D eigenvalue weighted by Gasteiger charge is 2.35. The summed E-state index contributed by atoms with van der Waals surface area (Å²) in [6.45, 7) is 3.95. The number of alkyl halides is 3. The van der Waals surface area contributed by atoms with E-state index in [1.54, 1.807) is 0 Å². The fourth-order valence-electron chi connectivity index (χ4n) is 3.08. The predicted octanol–water partition coefficient (Wildman–Crippen LogP) is 5.95. The molecular weight excluding hydrogens is 397 g/mol. The lowest BCUT2D eigenvalue weighted by molar-refractivity contribution is -0.137. The number of hydrogen-bond acceptors (Lipinski definition) is 2. The van der Waals surface area contributed by atoms with Crippen LogP contribution in [0.3, 0.4) is 0 Å². The van der Waals surface area contributed by atoms with Crippen molar-refractivity contribution in [1.29, 1.82) is 0 Å². The van der Waals surface area contributed by atoms with Crippen LogP contribution in [0.5, 0.6) is 5.75 Å². The number of halogens is 4. The van der Waals surface area contributed by atoms with Crippen molar-refractivity contribution in [1.82, 2.24) is 5.32 Å². The maximum atomic E-state index is 13.0. The Bertz CT molecular complexity index is 870. The molecule has 0 amide bonds. The Morgan fingerprint density at radius 3 is 2.63 bits per heavy atom. The standard InChI is InChI=1S/C19H18ClF3N2OS/c1-18(2)10-15(12-5-3-4-6-16(12)26-18)25-17(27)24-11-7-8-14(20)13(9-11)19(21,22)23/h3-9,15H,10H2,1-2H3,(H2,24,25,27)/t15-/m1/s1. The van der Waals surface area contributed by atoms with Crippen molar-refractivity contribution in [2.45, 2.75) is 38.1 Å². The summed E-state index contributed by atoms with van der Waals surface area (Å²) in [6.07, 6.45) is -3.88. The molecule has 8 heteroatoms. The summed E-state index contributed by atoms with van der Waals surface area (Å²) in [5, 5.41) is 5.86. The molecule has 2 N–H and O–H groups in total. The van der Waals surface area contributed by atoms with Crippen LogP contribution in [0.15, 0.2) is 42.5 Å². The first-order valence-corrected chi connectivity index (χ1v) is 9.06. The molecule has 0 saturated carbocycles. The summed E-state index contributed by atoms with van der Waals surface area (Å²) >= 11 is 11.0. The van der Waals surface area contributed by atoms with E-state index >= 15 is 0 Å². The number of thiocarbonyl (C=S) groups is 1. The largest absolute Gasteiger partial charge is 0.487 e. The molecule has 2 aromatic rings. The van der Waals surface area contributed by atoms with Crippen molar-refractivity contribution in [3.8, 4) is 5.75 Å². The van der Waals surface area contributed by atoms with Crippen LogP contribution < -0.4 is 15.4 Å². The Balaban J connectivity index is 1.77. The molecule has 0 spiro atoms. The average molecular weight is 415 g/mol. The number of benzene rings is 2. The third-order valence-corrected chi connectivity index (χ3v) is 4.76. The van der Waals surface area contributed by atoms with E-state index in [-0.39, 0.29) is 21.9 Å². The zero-order valence-electron chi connectivity index (χ0n) is 14.7. The topological polar surface area (TPSA) is 33.3 Å². The molecule has 1 heterocycles. The van der Waals surface area contributed by atoms with Crippen molar-refractivity contribution in [3.63, 3.8) is 0 Å². The van der Waals surface area contributed by atoms with Gasteiger partial charge in [-0.25, -0.2) is 0 Å². The van der Waals surface area contributed by atoms with E-state index in [4.69, 9.17) is 28.6 Å². The minimum atomic E-state index is -4.53. The van der Waals surface area contributed by atoms with Crippen LogP contribution >= 0.6 is 23.8 Å². The summed E-state index contributed by atoms with van der Waals surface area (Å²) < 4.78 is 45.0. The van der Waals surface area contributed by atoms with Gasteiger partial charge in [0, 0.05) is 17.7 Å². The molecule has 1 aliphatic heterocycles. The highest BCUT2D eigenvalue weighted by molar-refractivity contribution is 7.80. The van der Waals surface area contributed by atoms with Crippen molar-refractivity contribution in [2.24, 2.45) is 0 Å². The monoisotopic (exact) mass is 414 g/mol. The number of ether oxygens (including phenoxy) is 1.